The standard InChI is InChI=1S/C18H23NO5/c1-13-4-2-3-7-19(13)17(20)12-24-18(21)11-14-5-6-15-16(10-14)23-9-8-22-15/h5-6,10,13H,2-4,7-9,11-12H2,1H3. The molecule has 0 saturated carbocycles. The summed E-state index contributed by atoms with van der Waals surface area (Å²) in [5.74, 6) is 0.805. The van der Waals surface area contributed by atoms with Crippen LogP contribution >= 0.6 is 0 Å². The molecule has 24 heavy (non-hydrogen) atoms. The van der Waals surface area contributed by atoms with E-state index in [1.54, 1.807) is 17.0 Å². The molecule has 2 aliphatic rings. The number of nitrogens with zero attached hydrogens (tertiary/aromatic N) is 1. The molecular weight excluding hydrogens is 310 g/mol. The molecule has 6 heteroatoms. The molecule has 1 saturated heterocycles. The number of carbonyl (C=O) groups excluding carboxylic acids is 2. The summed E-state index contributed by atoms with van der Waals surface area (Å²) >= 11 is 0. The van der Waals surface area contributed by atoms with Gasteiger partial charge in [0, 0.05) is 12.6 Å². The maximum atomic E-state index is 12.2. The van der Waals surface area contributed by atoms with Gasteiger partial charge in [-0.1, -0.05) is 6.07 Å². The van der Waals surface area contributed by atoms with Gasteiger partial charge < -0.3 is 19.1 Å². The highest BCUT2D eigenvalue weighted by molar-refractivity contribution is 5.81. The molecule has 0 radical (unpaired) electrons. The lowest BCUT2D eigenvalue weighted by atomic mass is 10.0. The summed E-state index contributed by atoms with van der Waals surface area (Å²) in [5, 5.41) is 0. The quantitative estimate of drug-likeness (QED) is 0.788. The van der Waals surface area contributed by atoms with E-state index in [0.29, 0.717) is 24.7 Å². The molecule has 0 aromatic heterocycles. The molecule has 1 amide bonds. The fourth-order valence-electron chi connectivity index (χ4n) is 3.11. The topological polar surface area (TPSA) is 65.1 Å². The van der Waals surface area contributed by atoms with E-state index < -0.39 is 5.97 Å². The number of carbonyl (C=O) groups is 2. The number of hydrogen-bond donors (Lipinski definition) is 0. The molecule has 1 atom stereocenters. The van der Waals surface area contributed by atoms with E-state index in [1.165, 1.54) is 0 Å². The molecule has 3 rings (SSSR count). The zero-order valence-electron chi connectivity index (χ0n) is 14.0. The van der Waals surface area contributed by atoms with Crippen LogP contribution in [0.1, 0.15) is 31.7 Å². The van der Waals surface area contributed by atoms with Crippen LogP contribution in [0.5, 0.6) is 11.5 Å². The van der Waals surface area contributed by atoms with Crippen LogP contribution in [0.3, 0.4) is 0 Å². The van der Waals surface area contributed by atoms with Crippen molar-refractivity contribution >= 4 is 11.9 Å². The van der Waals surface area contributed by atoms with Crippen molar-refractivity contribution in [2.75, 3.05) is 26.4 Å². The van der Waals surface area contributed by atoms with E-state index in [0.717, 1.165) is 31.4 Å². The Bertz CT molecular complexity index is 615. The van der Waals surface area contributed by atoms with Crippen LogP contribution in [0.15, 0.2) is 18.2 Å². The van der Waals surface area contributed by atoms with Crippen LogP contribution < -0.4 is 9.47 Å². The Kier molecular flexibility index (Phi) is 5.23. The van der Waals surface area contributed by atoms with Gasteiger partial charge in [0.25, 0.3) is 5.91 Å². The Morgan fingerprint density at radius 3 is 2.79 bits per heavy atom. The van der Waals surface area contributed by atoms with Crippen molar-refractivity contribution in [3.8, 4) is 11.5 Å². The predicted molar refractivity (Wildman–Crippen MR) is 87.1 cm³/mol. The predicted octanol–water partition coefficient (Wildman–Crippen LogP) is 1.94. The molecule has 1 aromatic carbocycles. The number of esters is 1. The number of likely N-dealkylation sites (tertiary alicyclic amines) is 1. The summed E-state index contributed by atoms with van der Waals surface area (Å²) in [4.78, 5) is 26.0. The highest BCUT2D eigenvalue weighted by Crippen LogP contribution is 2.30. The number of hydrogen-bond acceptors (Lipinski definition) is 5. The molecule has 0 aliphatic carbocycles. The first kappa shape index (κ1) is 16.6. The van der Waals surface area contributed by atoms with Crippen LogP contribution in [0, 0.1) is 0 Å². The second-order valence-corrected chi connectivity index (χ2v) is 6.25. The Morgan fingerprint density at radius 1 is 1.21 bits per heavy atom. The van der Waals surface area contributed by atoms with Crippen molar-refractivity contribution in [1.29, 1.82) is 0 Å². The first-order valence-electron chi connectivity index (χ1n) is 8.47. The summed E-state index contributed by atoms with van der Waals surface area (Å²) in [5.41, 5.74) is 0.781. The largest absolute Gasteiger partial charge is 0.486 e. The Morgan fingerprint density at radius 2 is 2.00 bits per heavy atom. The van der Waals surface area contributed by atoms with Gasteiger partial charge in [-0.15, -0.1) is 0 Å². The first-order chi connectivity index (χ1) is 11.6. The van der Waals surface area contributed by atoms with Crippen molar-refractivity contribution in [2.45, 2.75) is 38.6 Å². The summed E-state index contributed by atoms with van der Waals surface area (Å²) in [7, 11) is 0. The maximum absolute atomic E-state index is 12.2. The second kappa shape index (κ2) is 7.55. The summed E-state index contributed by atoms with van der Waals surface area (Å²) in [6.07, 6.45) is 3.28. The third-order valence-electron chi connectivity index (χ3n) is 4.44. The molecule has 1 unspecified atom stereocenters. The summed E-state index contributed by atoms with van der Waals surface area (Å²) in [6, 6.07) is 5.60. The highest BCUT2D eigenvalue weighted by Gasteiger charge is 2.24. The van der Waals surface area contributed by atoms with Gasteiger partial charge in [0.1, 0.15) is 13.2 Å². The minimum absolute atomic E-state index is 0.111. The molecule has 2 heterocycles. The number of ether oxygens (including phenoxy) is 3. The van der Waals surface area contributed by atoms with Crippen molar-refractivity contribution in [1.82, 2.24) is 4.90 Å². The second-order valence-electron chi connectivity index (χ2n) is 6.25. The van der Waals surface area contributed by atoms with Crippen LogP contribution in [0.4, 0.5) is 0 Å². The maximum Gasteiger partial charge on any atom is 0.310 e. The monoisotopic (exact) mass is 333 g/mol. The van der Waals surface area contributed by atoms with Gasteiger partial charge in [-0.25, -0.2) is 0 Å². The van der Waals surface area contributed by atoms with Gasteiger partial charge >= 0.3 is 5.97 Å². The van der Waals surface area contributed by atoms with E-state index in [2.05, 4.69) is 0 Å². The lowest BCUT2D eigenvalue weighted by Crippen LogP contribution is -2.44. The fourth-order valence-corrected chi connectivity index (χ4v) is 3.11. The molecule has 0 bridgehead atoms. The number of fused-ring (bicyclic) bond motifs is 1. The lowest BCUT2D eigenvalue weighted by molar-refractivity contribution is -0.153. The van der Waals surface area contributed by atoms with E-state index in [4.69, 9.17) is 14.2 Å². The zero-order chi connectivity index (χ0) is 16.9. The van der Waals surface area contributed by atoms with Crippen LogP contribution in [0.25, 0.3) is 0 Å². The van der Waals surface area contributed by atoms with E-state index in [-0.39, 0.29) is 25.0 Å². The van der Waals surface area contributed by atoms with Crippen molar-refractivity contribution < 1.29 is 23.8 Å². The molecule has 2 aliphatic heterocycles. The van der Waals surface area contributed by atoms with Gasteiger partial charge in [-0.2, -0.15) is 0 Å². The van der Waals surface area contributed by atoms with Crippen LogP contribution in [0.2, 0.25) is 0 Å². The molecule has 0 N–H and O–H groups in total. The van der Waals surface area contributed by atoms with Gasteiger partial charge in [0.2, 0.25) is 0 Å². The Labute approximate surface area is 141 Å². The molecular formula is C18H23NO5. The molecule has 6 nitrogen and oxygen atoms in total. The minimum atomic E-state index is -0.412. The van der Waals surface area contributed by atoms with Crippen molar-refractivity contribution in [2.24, 2.45) is 0 Å². The van der Waals surface area contributed by atoms with Crippen molar-refractivity contribution in [3.63, 3.8) is 0 Å². The summed E-state index contributed by atoms with van der Waals surface area (Å²) < 4.78 is 16.1. The number of benzene rings is 1. The summed E-state index contributed by atoms with van der Waals surface area (Å²) in [6.45, 7) is 3.64. The number of rotatable bonds is 4. The fraction of sp³-hybridized carbons (Fsp3) is 0.556. The molecule has 1 aromatic rings. The highest BCUT2D eigenvalue weighted by atomic mass is 16.6. The van der Waals surface area contributed by atoms with Crippen LogP contribution in [-0.2, 0) is 20.7 Å². The molecule has 1 fully saturated rings. The van der Waals surface area contributed by atoms with Gasteiger partial charge in [-0.3, -0.25) is 9.59 Å². The molecule has 130 valence electrons. The van der Waals surface area contributed by atoms with E-state index in [1.807, 2.05) is 13.0 Å². The minimum Gasteiger partial charge on any atom is -0.486 e. The Hall–Kier alpha value is -2.24. The first-order valence-corrected chi connectivity index (χ1v) is 8.47. The Balaban J connectivity index is 1.49. The third-order valence-corrected chi connectivity index (χ3v) is 4.44. The average Bonchev–Trinajstić information content (AvgIpc) is 2.60. The SMILES string of the molecule is CC1CCCCN1C(=O)COC(=O)Cc1ccc2c(c1)OCCO2. The van der Waals surface area contributed by atoms with Crippen LogP contribution in [-0.4, -0.2) is 49.2 Å². The van der Waals surface area contributed by atoms with Gasteiger partial charge in [0.05, 0.1) is 6.42 Å². The average molecular weight is 333 g/mol. The van der Waals surface area contributed by atoms with E-state index >= 15 is 0 Å². The molecule has 0 spiro atoms. The smallest absolute Gasteiger partial charge is 0.310 e. The normalized spacial score (nSPS) is 19.7. The van der Waals surface area contributed by atoms with Crippen molar-refractivity contribution in [3.05, 3.63) is 23.8 Å². The zero-order valence-corrected chi connectivity index (χ0v) is 14.0. The number of amides is 1. The third kappa shape index (κ3) is 3.99. The lowest BCUT2D eigenvalue weighted by Gasteiger charge is -2.33. The van der Waals surface area contributed by atoms with Gasteiger partial charge in [-0.05, 0) is 43.9 Å². The van der Waals surface area contributed by atoms with Gasteiger partial charge in [0.15, 0.2) is 18.1 Å². The van der Waals surface area contributed by atoms with E-state index in [9.17, 15) is 9.59 Å². The number of piperidine rings is 1.